The highest BCUT2D eigenvalue weighted by Gasteiger charge is 2.03. The summed E-state index contributed by atoms with van der Waals surface area (Å²) in [6.45, 7) is 0.491. The summed E-state index contributed by atoms with van der Waals surface area (Å²) in [5.74, 6) is 0.0353. The lowest BCUT2D eigenvalue weighted by Gasteiger charge is -2.03. The third kappa shape index (κ3) is 3.17. The average Bonchev–Trinajstić information content (AvgIpc) is 2.81. The SMILES string of the molecule is O=C(Cc1cccs1)NCc1ccccn1. The molecule has 2 aromatic heterocycles. The highest BCUT2D eigenvalue weighted by Crippen LogP contribution is 2.08. The summed E-state index contributed by atoms with van der Waals surface area (Å²) in [7, 11) is 0. The van der Waals surface area contributed by atoms with Crippen molar-refractivity contribution in [2.24, 2.45) is 0 Å². The molecule has 0 aliphatic carbocycles. The minimum absolute atomic E-state index is 0.0353. The number of nitrogens with zero attached hydrogens (tertiary/aromatic N) is 1. The van der Waals surface area contributed by atoms with Crippen LogP contribution < -0.4 is 5.32 Å². The highest BCUT2D eigenvalue weighted by atomic mass is 32.1. The molecule has 0 saturated carbocycles. The number of hydrogen-bond donors (Lipinski definition) is 1. The molecule has 0 bridgehead atoms. The zero-order valence-corrected chi connectivity index (χ0v) is 9.54. The first-order valence-electron chi connectivity index (χ1n) is 5.03. The van der Waals surface area contributed by atoms with Gasteiger partial charge in [0.15, 0.2) is 0 Å². The van der Waals surface area contributed by atoms with Crippen LogP contribution in [-0.4, -0.2) is 10.9 Å². The number of hydrogen-bond acceptors (Lipinski definition) is 3. The van der Waals surface area contributed by atoms with Crippen molar-refractivity contribution in [2.45, 2.75) is 13.0 Å². The molecule has 0 saturated heterocycles. The largest absolute Gasteiger partial charge is 0.350 e. The maximum absolute atomic E-state index is 11.6. The van der Waals surface area contributed by atoms with Gasteiger partial charge in [-0.2, -0.15) is 0 Å². The third-order valence-corrected chi connectivity index (χ3v) is 2.98. The van der Waals surface area contributed by atoms with Crippen LogP contribution in [0.2, 0.25) is 0 Å². The Morgan fingerprint density at radius 3 is 2.94 bits per heavy atom. The van der Waals surface area contributed by atoms with Crippen LogP contribution in [0.3, 0.4) is 0 Å². The quantitative estimate of drug-likeness (QED) is 0.876. The van der Waals surface area contributed by atoms with Crippen LogP contribution in [0.1, 0.15) is 10.6 Å². The van der Waals surface area contributed by atoms with Crippen LogP contribution in [0.15, 0.2) is 41.9 Å². The number of rotatable bonds is 4. The lowest BCUT2D eigenvalue weighted by atomic mass is 10.3. The Morgan fingerprint density at radius 2 is 2.25 bits per heavy atom. The van der Waals surface area contributed by atoms with Crippen molar-refractivity contribution in [1.29, 1.82) is 0 Å². The van der Waals surface area contributed by atoms with Gasteiger partial charge in [-0.05, 0) is 23.6 Å². The molecule has 0 atom stereocenters. The van der Waals surface area contributed by atoms with Crippen LogP contribution in [0.4, 0.5) is 0 Å². The number of aromatic nitrogens is 1. The van der Waals surface area contributed by atoms with Gasteiger partial charge in [0.05, 0.1) is 18.7 Å². The molecule has 0 radical (unpaired) electrons. The van der Waals surface area contributed by atoms with Crippen LogP contribution in [-0.2, 0) is 17.8 Å². The van der Waals surface area contributed by atoms with Gasteiger partial charge in [-0.1, -0.05) is 12.1 Å². The van der Waals surface area contributed by atoms with Crippen molar-refractivity contribution in [1.82, 2.24) is 10.3 Å². The third-order valence-electron chi connectivity index (χ3n) is 2.11. The van der Waals surface area contributed by atoms with E-state index in [2.05, 4.69) is 10.3 Å². The van der Waals surface area contributed by atoms with Gasteiger partial charge in [-0.15, -0.1) is 11.3 Å². The minimum Gasteiger partial charge on any atom is -0.350 e. The van der Waals surface area contributed by atoms with Crippen molar-refractivity contribution in [3.05, 3.63) is 52.5 Å². The predicted octanol–water partition coefficient (Wildman–Crippen LogP) is 2.00. The van der Waals surface area contributed by atoms with E-state index in [1.807, 2.05) is 35.7 Å². The molecule has 0 aromatic carbocycles. The normalized spacial score (nSPS) is 10.0. The van der Waals surface area contributed by atoms with Gasteiger partial charge in [0.1, 0.15) is 0 Å². The summed E-state index contributed by atoms with van der Waals surface area (Å²) < 4.78 is 0. The number of amides is 1. The summed E-state index contributed by atoms with van der Waals surface area (Å²) in [4.78, 5) is 16.8. The van der Waals surface area contributed by atoms with E-state index in [-0.39, 0.29) is 5.91 Å². The van der Waals surface area contributed by atoms with E-state index in [0.717, 1.165) is 10.6 Å². The maximum Gasteiger partial charge on any atom is 0.225 e. The van der Waals surface area contributed by atoms with E-state index in [9.17, 15) is 4.79 Å². The van der Waals surface area contributed by atoms with Crippen molar-refractivity contribution in [3.8, 4) is 0 Å². The summed E-state index contributed by atoms with van der Waals surface area (Å²) in [5, 5.41) is 4.82. The molecule has 2 rings (SSSR count). The smallest absolute Gasteiger partial charge is 0.225 e. The molecule has 2 heterocycles. The Hall–Kier alpha value is -1.68. The van der Waals surface area contributed by atoms with E-state index in [0.29, 0.717) is 13.0 Å². The monoisotopic (exact) mass is 232 g/mol. The van der Waals surface area contributed by atoms with Crippen LogP contribution in [0.5, 0.6) is 0 Å². The second-order valence-corrected chi connectivity index (χ2v) is 4.39. The predicted molar refractivity (Wildman–Crippen MR) is 64.1 cm³/mol. The number of carbonyl (C=O) groups is 1. The molecule has 0 aliphatic heterocycles. The number of carbonyl (C=O) groups excluding carboxylic acids is 1. The molecule has 4 heteroatoms. The Balaban J connectivity index is 1.80. The first kappa shape index (κ1) is 10.8. The Kier molecular flexibility index (Phi) is 3.66. The summed E-state index contributed by atoms with van der Waals surface area (Å²) in [5.41, 5.74) is 0.877. The zero-order valence-electron chi connectivity index (χ0n) is 8.72. The fraction of sp³-hybridized carbons (Fsp3) is 0.167. The van der Waals surface area contributed by atoms with Crippen LogP contribution in [0.25, 0.3) is 0 Å². The number of nitrogens with one attached hydrogen (secondary N) is 1. The van der Waals surface area contributed by atoms with Gasteiger partial charge in [0.25, 0.3) is 0 Å². The molecule has 0 spiro atoms. The number of pyridine rings is 1. The summed E-state index contributed by atoms with van der Waals surface area (Å²) >= 11 is 1.60. The van der Waals surface area contributed by atoms with Crippen LogP contribution in [0, 0.1) is 0 Å². The molecule has 1 amide bonds. The Labute approximate surface area is 98.2 Å². The van der Waals surface area contributed by atoms with Gasteiger partial charge < -0.3 is 5.32 Å². The summed E-state index contributed by atoms with van der Waals surface area (Å²) in [6.07, 6.45) is 2.17. The highest BCUT2D eigenvalue weighted by molar-refractivity contribution is 7.10. The second kappa shape index (κ2) is 5.42. The molecule has 82 valence electrons. The molecule has 2 aromatic rings. The van der Waals surface area contributed by atoms with E-state index >= 15 is 0 Å². The standard InChI is InChI=1S/C12H12N2OS/c15-12(8-11-5-3-7-16-11)14-9-10-4-1-2-6-13-10/h1-7H,8-9H2,(H,14,15). The van der Waals surface area contributed by atoms with Crippen molar-refractivity contribution < 1.29 is 4.79 Å². The molecular formula is C12H12N2OS. The minimum atomic E-state index is 0.0353. The topological polar surface area (TPSA) is 42.0 Å². The average molecular weight is 232 g/mol. The van der Waals surface area contributed by atoms with Crippen LogP contribution >= 0.6 is 11.3 Å². The molecule has 0 unspecified atom stereocenters. The summed E-state index contributed by atoms with van der Waals surface area (Å²) in [6, 6.07) is 9.58. The fourth-order valence-electron chi connectivity index (χ4n) is 1.33. The first-order valence-corrected chi connectivity index (χ1v) is 5.91. The van der Waals surface area contributed by atoms with Crippen molar-refractivity contribution in [2.75, 3.05) is 0 Å². The molecular weight excluding hydrogens is 220 g/mol. The fourth-order valence-corrected chi connectivity index (χ4v) is 2.03. The van der Waals surface area contributed by atoms with Gasteiger partial charge in [-0.25, -0.2) is 0 Å². The Bertz CT molecular complexity index is 439. The molecule has 0 fully saturated rings. The number of thiophene rings is 1. The van der Waals surface area contributed by atoms with E-state index < -0.39 is 0 Å². The second-order valence-electron chi connectivity index (χ2n) is 3.35. The van der Waals surface area contributed by atoms with Crippen molar-refractivity contribution in [3.63, 3.8) is 0 Å². The first-order chi connectivity index (χ1) is 7.84. The van der Waals surface area contributed by atoms with Gasteiger partial charge in [0.2, 0.25) is 5.91 Å². The Morgan fingerprint density at radius 1 is 1.31 bits per heavy atom. The van der Waals surface area contributed by atoms with E-state index in [1.165, 1.54) is 0 Å². The molecule has 16 heavy (non-hydrogen) atoms. The van der Waals surface area contributed by atoms with Gasteiger partial charge in [-0.3, -0.25) is 9.78 Å². The molecule has 3 nitrogen and oxygen atoms in total. The zero-order chi connectivity index (χ0) is 11.2. The van der Waals surface area contributed by atoms with E-state index in [4.69, 9.17) is 0 Å². The van der Waals surface area contributed by atoms with Gasteiger partial charge in [0, 0.05) is 11.1 Å². The van der Waals surface area contributed by atoms with Gasteiger partial charge >= 0.3 is 0 Å². The van der Waals surface area contributed by atoms with E-state index in [1.54, 1.807) is 17.5 Å². The molecule has 1 N–H and O–H groups in total. The lowest BCUT2D eigenvalue weighted by Crippen LogP contribution is -2.24. The molecule has 0 aliphatic rings. The lowest BCUT2D eigenvalue weighted by molar-refractivity contribution is -0.120. The van der Waals surface area contributed by atoms with Crippen molar-refractivity contribution >= 4 is 17.2 Å². The maximum atomic E-state index is 11.6.